The van der Waals surface area contributed by atoms with Crippen molar-refractivity contribution >= 4 is 22.7 Å². The average Bonchev–Trinajstić information content (AvgIpc) is 2.90. The second kappa shape index (κ2) is 11.5. The van der Waals surface area contributed by atoms with Crippen LogP contribution in [-0.4, -0.2) is 60.7 Å². The first-order valence-corrected chi connectivity index (χ1v) is 11.3. The lowest BCUT2D eigenvalue weighted by atomic mass is 9.88. The van der Waals surface area contributed by atoms with Gasteiger partial charge >= 0.3 is 11.9 Å². The zero-order valence-electron chi connectivity index (χ0n) is 21.5. The third-order valence-corrected chi connectivity index (χ3v) is 5.57. The van der Waals surface area contributed by atoms with Gasteiger partial charge in [-0.15, -0.1) is 0 Å². The van der Waals surface area contributed by atoms with E-state index in [1.807, 2.05) is 0 Å². The molecule has 0 saturated heterocycles. The second-order valence-electron chi connectivity index (χ2n) is 7.46. The van der Waals surface area contributed by atoms with Crippen LogP contribution < -0.4 is 23.7 Å². The largest absolute Gasteiger partial charge is 0.493 e. The van der Waals surface area contributed by atoms with Crippen molar-refractivity contribution < 1.29 is 42.7 Å². The maximum absolute atomic E-state index is 13.3. The predicted molar refractivity (Wildman–Crippen MR) is 134 cm³/mol. The zero-order valence-corrected chi connectivity index (χ0v) is 21.5. The molecule has 0 unspecified atom stereocenters. The van der Waals surface area contributed by atoms with E-state index in [-0.39, 0.29) is 24.3 Å². The fourth-order valence-electron chi connectivity index (χ4n) is 4.04. The SMILES string of the molecule is CCOC(=O)c1cc2cc(OC)c(OC)cc2c(-c2cc(OC)c(OC)c(OC)c2)c1C(=O)OCC. The minimum Gasteiger partial charge on any atom is -0.493 e. The van der Waals surface area contributed by atoms with Gasteiger partial charge in [0.15, 0.2) is 23.0 Å². The Hall–Kier alpha value is -4.14. The fourth-order valence-corrected chi connectivity index (χ4v) is 4.04. The predicted octanol–water partition coefficient (Wildman–Crippen LogP) is 4.90. The molecule has 0 aliphatic carbocycles. The van der Waals surface area contributed by atoms with E-state index in [9.17, 15) is 9.59 Å². The molecular weight excluding hydrogens is 468 g/mol. The van der Waals surface area contributed by atoms with Crippen LogP contribution in [0.5, 0.6) is 28.7 Å². The van der Waals surface area contributed by atoms with Crippen LogP contribution in [0.15, 0.2) is 30.3 Å². The van der Waals surface area contributed by atoms with Crippen LogP contribution in [0.3, 0.4) is 0 Å². The lowest BCUT2D eigenvalue weighted by Gasteiger charge is -2.20. The molecule has 3 aromatic rings. The molecule has 0 bridgehead atoms. The molecule has 9 heteroatoms. The van der Waals surface area contributed by atoms with Gasteiger partial charge in [0.2, 0.25) is 5.75 Å². The van der Waals surface area contributed by atoms with Crippen molar-refractivity contribution in [3.8, 4) is 39.9 Å². The van der Waals surface area contributed by atoms with Gasteiger partial charge in [-0.1, -0.05) is 0 Å². The minimum absolute atomic E-state index is 0.0456. The zero-order chi connectivity index (χ0) is 26.4. The van der Waals surface area contributed by atoms with Crippen LogP contribution in [0, 0.1) is 0 Å². The first kappa shape index (κ1) is 26.5. The Balaban J connectivity index is 2.58. The quantitative estimate of drug-likeness (QED) is 0.361. The smallest absolute Gasteiger partial charge is 0.339 e. The highest BCUT2D eigenvalue weighted by atomic mass is 16.5. The fraction of sp³-hybridized carbons (Fsp3) is 0.333. The Kier molecular flexibility index (Phi) is 8.47. The molecule has 9 nitrogen and oxygen atoms in total. The van der Waals surface area contributed by atoms with E-state index in [4.69, 9.17) is 33.2 Å². The van der Waals surface area contributed by atoms with Gasteiger partial charge in [-0.05, 0) is 60.5 Å². The number of rotatable bonds is 10. The molecule has 0 N–H and O–H groups in total. The van der Waals surface area contributed by atoms with Crippen LogP contribution >= 0.6 is 0 Å². The standard InChI is InChI=1S/C27H30O9/c1-8-35-26(28)18-10-15-11-19(30-3)20(31-4)14-17(15)23(24(18)27(29)36-9-2)16-12-21(32-5)25(34-7)22(13-16)33-6/h10-14H,8-9H2,1-7H3. The summed E-state index contributed by atoms with van der Waals surface area (Å²) in [6, 6.07) is 8.45. The third-order valence-electron chi connectivity index (χ3n) is 5.57. The Morgan fingerprint density at radius 2 is 1.17 bits per heavy atom. The number of hydrogen-bond acceptors (Lipinski definition) is 9. The summed E-state index contributed by atoms with van der Waals surface area (Å²) in [5.74, 6) is 0.684. The maximum atomic E-state index is 13.3. The summed E-state index contributed by atoms with van der Waals surface area (Å²) < 4.78 is 38.2. The molecule has 0 aliphatic heterocycles. The topological polar surface area (TPSA) is 98.8 Å². The summed E-state index contributed by atoms with van der Waals surface area (Å²) in [7, 11) is 7.52. The van der Waals surface area contributed by atoms with Crippen molar-refractivity contribution in [2.45, 2.75) is 13.8 Å². The normalized spacial score (nSPS) is 10.5. The number of hydrogen-bond donors (Lipinski definition) is 0. The number of benzene rings is 3. The van der Waals surface area contributed by atoms with E-state index in [0.717, 1.165) is 0 Å². The van der Waals surface area contributed by atoms with Gasteiger partial charge in [0.25, 0.3) is 0 Å². The van der Waals surface area contributed by atoms with Crippen LogP contribution in [0.25, 0.3) is 21.9 Å². The number of methoxy groups -OCH3 is 5. The number of ether oxygens (including phenoxy) is 7. The summed E-state index contributed by atoms with van der Waals surface area (Å²) in [5.41, 5.74) is 1.04. The minimum atomic E-state index is -0.680. The van der Waals surface area contributed by atoms with E-state index in [2.05, 4.69) is 0 Å². The summed E-state index contributed by atoms with van der Waals surface area (Å²) in [6.45, 7) is 3.62. The van der Waals surface area contributed by atoms with E-state index >= 15 is 0 Å². The molecule has 0 amide bonds. The van der Waals surface area contributed by atoms with Gasteiger partial charge in [0.1, 0.15) is 0 Å². The molecular formula is C27H30O9. The van der Waals surface area contributed by atoms with Crippen molar-refractivity contribution in [1.29, 1.82) is 0 Å². The van der Waals surface area contributed by atoms with Crippen LogP contribution in [-0.2, 0) is 9.47 Å². The number of fused-ring (bicyclic) bond motifs is 1. The lowest BCUT2D eigenvalue weighted by Crippen LogP contribution is -2.16. The van der Waals surface area contributed by atoms with Crippen molar-refractivity contribution in [1.82, 2.24) is 0 Å². The molecule has 36 heavy (non-hydrogen) atoms. The Morgan fingerprint density at radius 3 is 1.67 bits per heavy atom. The second-order valence-corrected chi connectivity index (χ2v) is 7.46. The number of esters is 2. The van der Waals surface area contributed by atoms with Gasteiger partial charge in [-0.2, -0.15) is 0 Å². The summed E-state index contributed by atoms with van der Waals surface area (Å²) >= 11 is 0. The van der Waals surface area contributed by atoms with E-state index in [0.29, 0.717) is 50.6 Å². The molecule has 0 aliphatic rings. The molecule has 0 radical (unpaired) electrons. The first-order valence-electron chi connectivity index (χ1n) is 11.3. The Labute approximate surface area is 209 Å². The lowest BCUT2D eigenvalue weighted by molar-refractivity contribution is 0.0480. The molecule has 192 valence electrons. The van der Waals surface area contributed by atoms with Gasteiger partial charge in [0, 0.05) is 5.56 Å². The van der Waals surface area contributed by atoms with Gasteiger partial charge in [0.05, 0.1) is 59.9 Å². The molecule has 0 saturated carbocycles. The number of carbonyl (C=O) groups excluding carboxylic acids is 2. The van der Waals surface area contributed by atoms with Gasteiger partial charge in [-0.25, -0.2) is 9.59 Å². The van der Waals surface area contributed by atoms with Crippen molar-refractivity contribution in [2.24, 2.45) is 0 Å². The molecule has 0 fully saturated rings. The van der Waals surface area contributed by atoms with Crippen molar-refractivity contribution in [2.75, 3.05) is 48.8 Å². The highest BCUT2D eigenvalue weighted by molar-refractivity contribution is 6.16. The monoisotopic (exact) mass is 498 g/mol. The molecule has 0 heterocycles. The van der Waals surface area contributed by atoms with Crippen molar-refractivity contribution in [3.05, 3.63) is 41.5 Å². The third kappa shape index (κ3) is 4.82. The van der Waals surface area contributed by atoms with E-state index in [1.165, 1.54) is 35.5 Å². The summed E-state index contributed by atoms with van der Waals surface area (Å²) in [4.78, 5) is 26.4. The molecule has 0 atom stereocenters. The molecule has 3 aromatic carbocycles. The Morgan fingerprint density at radius 1 is 0.639 bits per heavy atom. The van der Waals surface area contributed by atoms with E-state index < -0.39 is 11.9 Å². The Bertz CT molecular complexity index is 1260. The highest BCUT2D eigenvalue weighted by Crippen LogP contribution is 2.46. The van der Waals surface area contributed by atoms with Gasteiger partial charge in [-0.3, -0.25) is 0 Å². The molecule has 0 aromatic heterocycles. The number of carbonyl (C=O) groups is 2. The summed E-state index contributed by atoms with van der Waals surface area (Å²) in [6.07, 6.45) is 0. The van der Waals surface area contributed by atoms with Crippen LogP contribution in [0.4, 0.5) is 0 Å². The molecule has 0 spiro atoms. The highest BCUT2D eigenvalue weighted by Gasteiger charge is 2.29. The summed E-state index contributed by atoms with van der Waals surface area (Å²) in [5, 5.41) is 1.23. The van der Waals surface area contributed by atoms with E-state index in [1.54, 1.807) is 44.2 Å². The van der Waals surface area contributed by atoms with Crippen LogP contribution in [0.2, 0.25) is 0 Å². The maximum Gasteiger partial charge on any atom is 0.339 e. The average molecular weight is 499 g/mol. The molecule has 3 rings (SSSR count). The van der Waals surface area contributed by atoms with Crippen LogP contribution in [0.1, 0.15) is 34.6 Å². The van der Waals surface area contributed by atoms with Crippen molar-refractivity contribution in [3.63, 3.8) is 0 Å². The van der Waals surface area contributed by atoms with Gasteiger partial charge < -0.3 is 33.2 Å². The first-order chi connectivity index (χ1) is 17.4.